The van der Waals surface area contributed by atoms with Crippen molar-refractivity contribution in [2.45, 2.75) is 18.9 Å². The smallest absolute Gasteiger partial charge is 0.270 e. The minimum absolute atomic E-state index is 0.0960. The molecule has 1 fully saturated rings. The number of nitrogens with one attached hydrogen (secondary N) is 1. The van der Waals surface area contributed by atoms with Gasteiger partial charge in [-0.25, -0.2) is 4.98 Å². The maximum Gasteiger partial charge on any atom is 0.270 e. The van der Waals surface area contributed by atoms with Crippen molar-refractivity contribution in [3.8, 4) is 0 Å². The van der Waals surface area contributed by atoms with E-state index in [0.717, 1.165) is 19.4 Å². The minimum Gasteiger partial charge on any atom is -0.379 e. The van der Waals surface area contributed by atoms with E-state index in [0.29, 0.717) is 17.3 Å². The zero-order chi connectivity index (χ0) is 11.4. The van der Waals surface area contributed by atoms with Gasteiger partial charge in [-0.15, -0.1) is 0 Å². The number of hydrogen-bond acceptors (Lipinski definition) is 3. The fourth-order valence-corrected chi connectivity index (χ4v) is 1.74. The number of carbonyl (C=O) groups is 1. The molecule has 1 aliphatic rings. The highest BCUT2D eigenvalue weighted by atomic mass is 35.5. The Morgan fingerprint density at radius 2 is 2.44 bits per heavy atom. The fourth-order valence-electron chi connectivity index (χ4n) is 1.62. The summed E-state index contributed by atoms with van der Waals surface area (Å²) in [5, 5.41) is 3.41. The summed E-state index contributed by atoms with van der Waals surface area (Å²) in [6.07, 6.45) is 3.41. The highest BCUT2D eigenvalue weighted by Crippen LogP contribution is 2.08. The Kier molecular flexibility index (Phi) is 3.74. The summed E-state index contributed by atoms with van der Waals surface area (Å²) in [5.74, 6) is -0.174. The molecule has 1 aromatic heterocycles. The van der Waals surface area contributed by atoms with Crippen LogP contribution >= 0.6 is 11.6 Å². The monoisotopic (exact) mass is 240 g/mol. The van der Waals surface area contributed by atoms with Gasteiger partial charge in [0.15, 0.2) is 0 Å². The number of halogens is 1. The Morgan fingerprint density at radius 1 is 1.56 bits per heavy atom. The van der Waals surface area contributed by atoms with E-state index < -0.39 is 0 Å². The third kappa shape index (κ3) is 2.93. The molecule has 16 heavy (non-hydrogen) atoms. The van der Waals surface area contributed by atoms with Crippen molar-refractivity contribution in [1.29, 1.82) is 0 Å². The van der Waals surface area contributed by atoms with Gasteiger partial charge in [0.1, 0.15) is 5.69 Å². The standard InChI is InChI=1S/C11H13ClN2O2/c12-8-3-4-10(13-6-8)11(15)14-9-2-1-5-16-7-9/h3-4,6,9H,1-2,5,7H2,(H,14,15). The zero-order valence-electron chi connectivity index (χ0n) is 8.78. The zero-order valence-corrected chi connectivity index (χ0v) is 9.54. The third-order valence-corrected chi connectivity index (χ3v) is 2.68. The molecule has 1 aromatic rings. The van der Waals surface area contributed by atoms with Crippen LogP contribution in [0.2, 0.25) is 5.02 Å². The first-order chi connectivity index (χ1) is 7.75. The molecule has 2 rings (SSSR count). The molecule has 1 unspecified atom stereocenters. The molecule has 1 aliphatic heterocycles. The molecule has 1 atom stereocenters. The van der Waals surface area contributed by atoms with Gasteiger partial charge in [-0.2, -0.15) is 0 Å². The highest BCUT2D eigenvalue weighted by molar-refractivity contribution is 6.30. The van der Waals surface area contributed by atoms with Gasteiger partial charge in [0.05, 0.1) is 17.7 Å². The largest absolute Gasteiger partial charge is 0.379 e. The van der Waals surface area contributed by atoms with Gasteiger partial charge in [0.25, 0.3) is 5.91 Å². The number of nitrogens with zero attached hydrogens (tertiary/aromatic N) is 1. The van der Waals surface area contributed by atoms with Crippen LogP contribution in [0, 0.1) is 0 Å². The number of ether oxygens (including phenoxy) is 1. The normalized spacial score (nSPS) is 20.4. The minimum atomic E-state index is -0.174. The first-order valence-electron chi connectivity index (χ1n) is 5.26. The number of rotatable bonds is 2. The topological polar surface area (TPSA) is 51.2 Å². The molecule has 0 saturated carbocycles. The van der Waals surface area contributed by atoms with Gasteiger partial charge in [0, 0.05) is 12.8 Å². The van der Waals surface area contributed by atoms with Crippen LogP contribution in [0.1, 0.15) is 23.3 Å². The Morgan fingerprint density at radius 3 is 3.06 bits per heavy atom. The lowest BCUT2D eigenvalue weighted by Crippen LogP contribution is -2.40. The summed E-state index contributed by atoms with van der Waals surface area (Å²) >= 11 is 5.69. The predicted molar refractivity (Wildman–Crippen MR) is 60.6 cm³/mol. The number of hydrogen-bond donors (Lipinski definition) is 1. The lowest BCUT2D eigenvalue weighted by atomic mass is 10.1. The van der Waals surface area contributed by atoms with E-state index in [9.17, 15) is 4.79 Å². The van der Waals surface area contributed by atoms with E-state index in [1.54, 1.807) is 12.1 Å². The van der Waals surface area contributed by atoms with Crippen molar-refractivity contribution in [2.75, 3.05) is 13.2 Å². The van der Waals surface area contributed by atoms with Crippen molar-refractivity contribution in [3.05, 3.63) is 29.0 Å². The van der Waals surface area contributed by atoms with Crippen LogP contribution in [0.3, 0.4) is 0 Å². The Hall–Kier alpha value is -1.13. The number of carbonyl (C=O) groups excluding carboxylic acids is 1. The van der Waals surface area contributed by atoms with E-state index in [-0.39, 0.29) is 11.9 Å². The third-order valence-electron chi connectivity index (χ3n) is 2.46. The summed E-state index contributed by atoms with van der Waals surface area (Å²) in [7, 11) is 0. The maximum absolute atomic E-state index is 11.8. The van der Waals surface area contributed by atoms with Crippen LogP contribution in [0.15, 0.2) is 18.3 Å². The van der Waals surface area contributed by atoms with Gasteiger partial charge in [0.2, 0.25) is 0 Å². The quantitative estimate of drug-likeness (QED) is 0.855. The fraction of sp³-hybridized carbons (Fsp3) is 0.455. The second-order valence-corrected chi connectivity index (χ2v) is 4.19. The van der Waals surface area contributed by atoms with Crippen LogP contribution in [-0.2, 0) is 4.74 Å². The van der Waals surface area contributed by atoms with Gasteiger partial charge in [-0.3, -0.25) is 4.79 Å². The predicted octanol–water partition coefficient (Wildman–Crippen LogP) is 1.64. The molecule has 0 bridgehead atoms. The number of pyridine rings is 1. The lowest BCUT2D eigenvalue weighted by Gasteiger charge is -2.22. The van der Waals surface area contributed by atoms with Crippen LogP contribution in [0.5, 0.6) is 0 Å². The Labute approximate surface area is 99.0 Å². The van der Waals surface area contributed by atoms with Crippen molar-refractivity contribution >= 4 is 17.5 Å². The Bertz CT molecular complexity index is 361. The molecule has 1 N–H and O–H groups in total. The molecular weight excluding hydrogens is 228 g/mol. The van der Waals surface area contributed by atoms with E-state index in [1.165, 1.54) is 6.20 Å². The molecular formula is C11H13ClN2O2. The molecule has 5 heteroatoms. The first kappa shape index (κ1) is 11.4. The van der Waals surface area contributed by atoms with Crippen LogP contribution in [-0.4, -0.2) is 30.1 Å². The Balaban J connectivity index is 1.94. The summed E-state index contributed by atoms with van der Waals surface area (Å²) in [6.45, 7) is 1.37. The molecule has 1 saturated heterocycles. The molecule has 1 amide bonds. The van der Waals surface area contributed by atoms with Crippen LogP contribution in [0.4, 0.5) is 0 Å². The van der Waals surface area contributed by atoms with Gasteiger partial charge >= 0.3 is 0 Å². The molecule has 0 radical (unpaired) electrons. The molecule has 2 heterocycles. The SMILES string of the molecule is O=C(NC1CCCOC1)c1ccc(Cl)cn1. The van der Waals surface area contributed by atoms with Gasteiger partial charge in [-0.05, 0) is 25.0 Å². The summed E-state index contributed by atoms with van der Waals surface area (Å²) in [5.41, 5.74) is 0.384. The molecule has 4 nitrogen and oxygen atoms in total. The number of aromatic nitrogens is 1. The summed E-state index contributed by atoms with van der Waals surface area (Å²) in [4.78, 5) is 15.7. The van der Waals surface area contributed by atoms with E-state index >= 15 is 0 Å². The molecule has 0 aromatic carbocycles. The second kappa shape index (κ2) is 5.27. The van der Waals surface area contributed by atoms with Crippen LogP contribution in [0.25, 0.3) is 0 Å². The summed E-state index contributed by atoms with van der Waals surface area (Å²) < 4.78 is 5.28. The lowest BCUT2D eigenvalue weighted by molar-refractivity contribution is 0.0622. The van der Waals surface area contributed by atoms with Crippen molar-refractivity contribution in [3.63, 3.8) is 0 Å². The maximum atomic E-state index is 11.8. The molecule has 86 valence electrons. The molecule has 0 spiro atoms. The molecule has 0 aliphatic carbocycles. The average Bonchev–Trinajstić information content (AvgIpc) is 2.31. The van der Waals surface area contributed by atoms with Crippen molar-refractivity contribution in [1.82, 2.24) is 10.3 Å². The van der Waals surface area contributed by atoms with Crippen molar-refractivity contribution in [2.24, 2.45) is 0 Å². The highest BCUT2D eigenvalue weighted by Gasteiger charge is 2.17. The summed E-state index contributed by atoms with van der Waals surface area (Å²) in [6, 6.07) is 3.36. The first-order valence-corrected chi connectivity index (χ1v) is 5.63. The van der Waals surface area contributed by atoms with Gasteiger partial charge < -0.3 is 10.1 Å². The van der Waals surface area contributed by atoms with E-state index in [4.69, 9.17) is 16.3 Å². The van der Waals surface area contributed by atoms with Gasteiger partial charge in [-0.1, -0.05) is 11.6 Å². The number of amides is 1. The second-order valence-electron chi connectivity index (χ2n) is 3.75. The van der Waals surface area contributed by atoms with Crippen molar-refractivity contribution < 1.29 is 9.53 Å². The van der Waals surface area contributed by atoms with Crippen LogP contribution < -0.4 is 5.32 Å². The average molecular weight is 241 g/mol. The van der Waals surface area contributed by atoms with E-state index in [2.05, 4.69) is 10.3 Å². The van der Waals surface area contributed by atoms with E-state index in [1.807, 2.05) is 0 Å².